The Hall–Kier alpha value is -1.21. The first-order valence-electron chi connectivity index (χ1n) is 7.83. The molecule has 9 heteroatoms. The smallest absolute Gasteiger partial charge is 0.410 e. The second-order valence-corrected chi connectivity index (χ2v) is 6.68. The van der Waals surface area contributed by atoms with Crippen molar-refractivity contribution in [2.24, 2.45) is 0 Å². The minimum absolute atomic E-state index is 0.0873. The lowest BCUT2D eigenvalue weighted by molar-refractivity contribution is -0.119. The predicted molar refractivity (Wildman–Crippen MR) is 94.5 cm³/mol. The van der Waals surface area contributed by atoms with Gasteiger partial charge in [0.15, 0.2) is 0 Å². The molecule has 0 aliphatic carbocycles. The molecular formula is C15H27Cl2N3O4. The number of amides is 3. The Balaban J connectivity index is 4.35. The third kappa shape index (κ3) is 12.2. The summed E-state index contributed by atoms with van der Waals surface area (Å²) >= 11 is 10.8. The van der Waals surface area contributed by atoms with Crippen LogP contribution in [0, 0.1) is 0 Å². The molecule has 0 radical (unpaired) electrons. The van der Waals surface area contributed by atoms with Crippen LogP contribution in [0.3, 0.4) is 0 Å². The molecule has 0 saturated heterocycles. The molecule has 0 spiro atoms. The molecule has 0 aliphatic rings. The Bertz CT molecular complexity index is 390. The summed E-state index contributed by atoms with van der Waals surface area (Å²) in [6, 6.07) is 0. The largest absolute Gasteiger partial charge is 0.444 e. The van der Waals surface area contributed by atoms with Crippen LogP contribution in [0.2, 0.25) is 0 Å². The third-order valence-electron chi connectivity index (χ3n) is 2.75. The van der Waals surface area contributed by atoms with Gasteiger partial charge >= 0.3 is 6.09 Å². The van der Waals surface area contributed by atoms with Crippen LogP contribution in [-0.4, -0.2) is 66.3 Å². The zero-order chi connectivity index (χ0) is 18.6. The van der Waals surface area contributed by atoms with E-state index in [0.717, 1.165) is 0 Å². The number of ether oxygens (including phenoxy) is 1. The Labute approximate surface area is 153 Å². The van der Waals surface area contributed by atoms with Crippen LogP contribution in [0.15, 0.2) is 0 Å². The van der Waals surface area contributed by atoms with Crippen LogP contribution in [0.4, 0.5) is 4.79 Å². The van der Waals surface area contributed by atoms with Crippen LogP contribution in [-0.2, 0) is 14.3 Å². The van der Waals surface area contributed by atoms with E-state index in [-0.39, 0.29) is 23.6 Å². The standard InChI is InChI=1S/C15H27Cl2N3O4/c1-15(2,3)24-14(23)20(8-4-6-18-12(21)10-16)9-5-7-19-13(22)11-17/h4-11H2,1-3H3,(H,18,21)(H,19,22). The quantitative estimate of drug-likeness (QED) is 0.444. The molecule has 0 atom stereocenters. The van der Waals surface area contributed by atoms with Crippen molar-refractivity contribution in [3.05, 3.63) is 0 Å². The summed E-state index contributed by atoms with van der Waals surface area (Å²) in [6.45, 7) is 7.10. The molecule has 0 aliphatic heterocycles. The second kappa shape index (κ2) is 12.2. The Kier molecular flexibility index (Phi) is 11.6. The maximum atomic E-state index is 12.2. The van der Waals surface area contributed by atoms with Crippen molar-refractivity contribution in [3.8, 4) is 0 Å². The van der Waals surface area contributed by atoms with Gasteiger partial charge in [0.2, 0.25) is 11.8 Å². The predicted octanol–water partition coefficient (Wildman–Crippen LogP) is 1.71. The van der Waals surface area contributed by atoms with Crippen molar-refractivity contribution in [2.75, 3.05) is 37.9 Å². The van der Waals surface area contributed by atoms with Gasteiger partial charge in [-0.2, -0.15) is 0 Å². The second-order valence-electron chi connectivity index (χ2n) is 6.14. The van der Waals surface area contributed by atoms with E-state index in [1.165, 1.54) is 0 Å². The van der Waals surface area contributed by atoms with Gasteiger partial charge in [-0.25, -0.2) is 4.79 Å². The van der Waals surface area contributed by atoms with E-state index in [9.17, 15) is 14.4 Å². The minimum atomic E-state index is -0.588. The number of carbonyl (C=O) groups excluding carboxylic acids is 3. The summed E-state index contributed by atoms with van der Waals surface area (Å²) in [6.07, 6.45) is 0.737. The number of alkyl halides is 2. The molecule has 0 rings (SSSR count). The molecule has 0 aromatic heterocycles. The third-order valence-corrected chi connectivity index (χ3v) is 3.23. The number of nitrogens with zero attached hydrogens (tertiary/aromatic N) is 1. The number of halogens is 2. The maximum Gasteiger partial charge on any atom is 0.410 e. The topological polar surface area (TPSA) is 87.7 Å². The monoisotopic (exact) mass is 383 g/mol. The molecule has 0 saturated carbocycles. The summed E-state index contributed by atoms with van der Waals surface area (Å²) in [5.74, 6) is -0.667. The molecule has 0 fully saturated rings. The average molecular weight is 384 g/mol. The fraction of sp³-hybridized carbons (Fsp3) is 0.800. The van der Waals surface area contributed by atoms with Gasteiger partial charge in [0.25, 0.3) is 0 Å². The summed E-state index contributed by atoms with van der Waals surface area (Å²) in [4.78, 5) is 35.9. The summed E-state index contributed by atoms with van der Waals surface area (Å²) in [5, 5.41) is 5.29. The molecule has 7 nitrogen and oxygen atoms in total. The van der Waals surface area contributed by atoms with E-state index >= 15 is 0 Å². The number of hydrogen-bond acceptors (Lipinski definition) is 4. The average Bonchev–Trinajstić information content (AvgIpc) is 2.50. The van der Waals surface area contributed by atoms with Crippen LogP contribution >= 0.6 is 23.2 Å². The fourth-order valence-electron chi connectivity index (χ4n) is 1.71. The molecule has 0 aromatic carbocycles. The molecule has 3 amide bonds. The Morgan fingerprint density at radius 3 is 1.67 bits per heavy atom. The fourth-order valence-corrected chi connectivity index (χ4v) is 1.90. The van der Waals surface area contributed by atoms with Gasteiger partial charge < -0.3 is 20.3 Å². The van der Waals surface area contributed by atoms with Crippen molar-refractivity contribution in [1.82, 2.24) is 15.5 Å². The molecule has 0 heterocycles. The highest BCUT2D eigenvalue weighted by atomic mass is 35.5. The normalized spacial score (nSPS) is 10.9. The van der Waals surface area contributed by atoms with Gasteiger partial charge in [0.05, 0.1) is 0 Å². The molecule has 0 bridgehead atoms. The van der Waals surface area contributed by atoms with E-state index < -0.39 is 11.7 Å². The highest BCUT2D eigenvalue weighted by Crippen LogP contribution is 2.10. The number of nitrogens with one attached hydrogen (secondary N) is 2. The number of hydrogen-bond donors (Lipinski definition) is 2. The van der Waals surface area contributed by atoms with Gasteiger partial charge in [-0.1, -0.05) is 0 Å². The van der Waals surface area contributed by atoms with Crippen molar-refractivity contribution in [3.63, 3.8) is 0 Å². The molecule has 24 heavy (non-hydrogen) atoms. The lowest BCUT2D eigenvalue weighted by Gasteiger charge is -2.27. The molecule has 0 unspecified atom stereocenters. The van der Waals surface area contributed by atoms with Gasteiger partial charge in [0, 0.05) is 26.2 Å². The lowest BCUT2D eigenvalue weighted by atomic mass is 10.2. The minimum Gasteiger partial charge on any atom is -0.444 e. The van der Waals surface area contributed by atoms with E-state index in [2.05, 4.69) is 10.6 Å². The molecule has 140 valence electrons. The molecular weight excluding hydrogens is 357 g/mol. The van der Waals surface area contributed by atoms with Crippen LogP contribution in [0.1, 0.15) is 33.6 Å². The summed E-state index contributed by atoms with van der Waals surface area (Å²) in [5.41, 5.74) is -0.588. The van der Waals surface area contributed by atoms with Crippen molar-refractivity contribution in [1.29, 1.82) is 0 Å². The van der Waals surface area contributed by atoms with Crippen molar-refractivity contribution < 1.29 is 19.1 Å². The molecule has 0 aromatic rings. The van der Waals surface area contributed by atoms with Gasteiger partial charge in [0.1, 0.15) is 17.4 Å². The van der Waals surface area contributed by atoms with E-state index in [0.29, 0.717) is 39.0 Å². The SMILES string of the molecule is CC(C)(C)OC(=O)N(CCCNC(=O)CCl)CCCNC(=O)CCl. The molecule has 2 N–H and O–H groups in total. The Morgan fingerprint density at radius 1 is 0.917 bits per heavy atom. The zero-order valence-corrected chi connectivity index (χ0v) is 16.0. The van der Waals surface area contributed by atoms with Gasteiger partial charge in [-0.3, -0.25) is 9.59 Å². The maximum absolute atomic E-state index is 12.2. The zero-order valence-electron chi connectivity index (χ0n) is 14.5. The summed E-state index contributed by atoms with van der Waals surface area (Å²) in [7, 11) is 0. The highest BCUT2D eigenvalue weighted by Gasteiger charge is 2.21. The van der Waals surface area contributed by atoms with Crippen LogP contribution in [0.25, 0.3) is 0 Å². The summed E-state index contributed by atoms with van der Waals surface area (Å²) < 4.78 is 5.37. The Morgan fingerprint density at radius 2 is 1.33 bits per heavy atom. The number of carbonyl (C=O) groups is 3. The van der Waals surface area contributed by atoms with Crippen molar-refractivity contribution >= 4 is 41.1 Å². The van der Waals surface area contributed by atoms with Crippen LogP contribution in [0.5, 0.6) is 0 Å². The van der Waals surface area contributed by atoms with E-state index in [4.69, 9.17) is 27.9 Å². The lowest BCUT2D eigenvalue weighted by Crippen LogP contribution is -2.40. The van der Waals surface area contributed by atoms with E-state index in [1.54, 1.807) is 25.7 Å². The van der Waals surface area contributed by atoms with Gasteiger partial charge in [-0.05, 0) is 33.6 Å². The van der Waals surface area contributed by atoms with Crippen molar-refractivity contribution in [2.45, 2.75) is 39.2 Å². The first-order chi connectivity index (χ1) is 11.2. The highest BCUT2D eigenvalue weighted by molar-refractivity contribution is 6.27. The van der Waals surface area contributed by atoms with Crippen LogP contribution < -0.4 is 10.6 Å². The first-order valence-corrected chi connectivity index (χ1v) is 8.89. The van der Waals surface area contributed by atoms with Gasteiger partial charge in [-0.15, -0.1) is 23.2 Å². The number of rotatable bonds is 10. The first kappa shape index (κ1) is 22.8. The van der Waals surface area contributed by atoms with E-state index in [1.807, 2.05) is 0 Å².